The van der Waals surface area contributed by atoms with Crippen LogP contribution in [0.5, 0.6) is 0 Å². The van der Waals surface area contributed by atoms with Crippen LogP contribution in [-0.2, 0) is 4.79 Å². The van der Waals surface area contributed by atoms with Gasteiger partial charge in [-0.3, -0.25) is 4.79 Å². The number of thiazole rings is 1. The van der Waals surface area contributed by atoms with Gasteiger partial charge in [-0.15, -0.1) is 23.1 Å². The monoisotopic (exact) mass is 428 g/mol. The Morgan fingerprint density at radius 2 is 1.92 bits per heavy atom. The summed E-state index contributed by atoms with van der Waals surface area (Å²) in [5, 5.41) is 6.89. The van der Waals surface area contributed by atoms with E-state index >= 15 is 0 Å². The Balaban J connectivity index is 1.62. The van der Waals surface area contributed by atoms with E-state index in [9.17, 15) is 4.79 Å². The highest BCUT2D eigenvalue weighted by atomic mass is 35.5. The van der Waals surface area contributed by atoms with Gasteiger partial charge in [0.25, 0.3) is 0 Å². The van der Waals surface area contributed by atoms with Crippen LogP contribution in [0.1, 0.15) is 0 Å². The van der Waals surface area contributed by atoms with E-state index in [1.807, 2.05) is 23.6 Å². The molecule has 0 aliphatic carbocycles. The summed E-state index contributed by atoms with van der Waals surface area (Å²) in [6.07, 6.45) is 0. The second-order valence-electron chi connectivity index (χ2n) is 4.96. The van der Waals surface area contributed by atoms with E-state index in [4.69, 9.17) is 34.8 Å². The van der Waals surface area contributed by atoms with E-state index in [0.717, 1.165) is 10.5 Å². The quantitative estimate of drug-likeness (QED) is 0.471. The highest BCUT2D eigenvalue weighted by Gasteiger charge is 2.11. The number of hydrogen-bond acceptors (Lipinski definition) is 4. The maximum atomic E-state index is 12.1. The van der Waals surface area contributed by atoms with E-state index < -0.39 is 0 Å². The molecule has 128 valence electrons. The van der Waals surface area contributed by atoms with Crippen molar-refractivity contribution in [1.29, 1.82) is 0 Å². The average Bonchev–Trinajstić information content (AvgIpc) is 3.01. The Hall–Kier alpha value is -1.24. The Morgan fingerprint density at radius 3 is 2.68 bits per heavy atom. The highest BCUT2D eigenvalue weighted by molar-refractivity contribution is 8.00. The molecule has 0 unspecified atom stereocenters. The zero-order valence-corrected chi connectivity index (χ0v) is 16.5. The van der Waals surface area contributed by atoms with Crippen LogP contribution in [-0.4, -0.2) is 16.6 Å². The molecule has 3 aromatic rings. The molecule has 1 amide bonds. The van der Waals surface area contributed by atoms with Crippen LogP contribution >= 0.6 is 57.9 Å². The van der Waals surface area contributed by atoms with Gasteiger partial charge >= 0.3 is 0 Å². The number of carbonyl (C=O) groups is 1. The number of nitrogens with one attached hydrogen (secondary N) is 1. The van der Waals surface area contributed by atoms with E-state index in [-0.39, 0.29) is 11.7 Å². The molecule has 8 heteroatoms. The molecule has 0 aliphatic rings. The standard InChI is InChI=1S/C17H11Cl3N2OS2/c18-10-2-1-3-12(6-10)24-9-16(23)22-17-21-15(8-25-17)13-5-4-11(19)7-14(13)20/h1-8H,9H2,(H,21,22,23). The number of amides is 1. The Kier molecular flexibility index (Phi) is 6.25. The van der Waals surface area contributed by atoms with Gasteiger partial charge in [-0.05, 0) is 36.4 Å². The number of benzene rings is 2. The Bertz CT molecular complexity index is 914. The lowest BCUT2D eigenvalue weighted by Gasteiger charge is -2.03. The number of carbonyl (C=O) groups excluding carboxylic acids is 1. The summed E-state index contributed by atoms with van der Waals surface area (Å²) in [5.41, 5.74) is 1.47. The minimum atomic E-state index is -0.131. The molecule has 2 aromatic carbocycles. The summed E-state index contributed by atoms with van der Waals surface area (Å²) in [4.78, 5) is 17.4. The molecule has 1 heterocycles. The van der Waals surface area contributed by atoms with Crippen LogP contribution in [0.3, 0.4) is 0 Å². The zero-order valence-electron chi connectivity index (χ0n) is 12.6. The van der Waals surface area contributed by atoms with Gasteiger partial charge in [-0.1, -0.05) is 40.9 Å². The fourth-order valence-electron chi connectivity index (χ4n) is 2.01. The molecule has 0 bridgehead atoms. The predicted molar refractivity (Wildman–Crippen MR) is 108 cm³/mol. The normalized spacial score (nSPS) is 10.7. The topological polar surface area (TPSA) is 42.0 Å². The van der Waals surface area contributed by atoms with Crippen molar-refractivity contribution >= 4 is 68.9 Å². The average molecular weight is 430 g/mol. The molecule has 0 spiro atoms. The molecule has 0 aliphatic heterocycles. The number of anilines is 1. The van der Waals surface area contributed by atoms with E-state index in [1.54, 1.807) is 24.3 Å². The number of nitrogens with zero attached hydrogens (tertiary/aromatic N) is 1. The van der Waals surface area contributed by atoms with Gasteiger partial charge < -0.3 is 5.32 Å². The lowest BCUT2D eigenvalue weighted by atomic mass is 10.2. The molecule has 3 nitrogen and oxygen atoms in total. The van der Waals surface area contributed by atoms with Gasteiger partial charge in [-0.2, -0.15) is 0 Å². The Labute approximate surface area is 168 Å². The van der Waals surface area contributed by atoms with Gasteiger partial charge in [0.2, 0.25) is 5.91 Å². The van der Waals surface area contributed by atoms with Crippen molar-refractivity contribution in [3.8, 4) is 11.3 Å². The zero-order chi connectivity index (χ0) is 17.8. The summed E-state index contributed by atoms with van der Waals surface area (Å²) >= 11 is 20.8. The molecule has 0 fully saturated rings. The van der Waals surface area contributed by atoms with Crippen molar-refractivity contribution in [2.45, 2.75) is 4.90 Å². The van der Waals surface area contributed by atoms with Crippen molar-refractivity contribution in [1.82, 2.24) is 4.98 Å². The van der Waals surface area contributed by atoms with Crippen LogP contribution in [0.2, 0.25) is 15.1 Å². The first-order chi connectivity index (χ1) is 12.0. The van der Waals surface area contributed by atoms with E-state index in [2.05, 4.69) is 10.3 Å². The highest BCUT2D eigenvalue weighted by Crippen LogP contribution is 2.32. The van der Waals surface area contributed by atoms with Gasteiger partial charge in [-0.25, -0.2) is 4.98 Å². The summed E-state index contributed by atoms with van der Waals surface area (Å²) < 4.78 is 0. The van der Waals surface area contributed by atoms with Crippen LogP contribution in [0, 0.1) is 0 Å². The maximum Gasteiger partial charge on any atom is 0.236 e. The number of thioether (sulfide) groups is 1. The minimum absolute atomic E-state index is 0.131. The Morgan fingerprint density at radius 1 is 1.12 bits per heavy atom. The summed E-state index contributed by atoms with van der Waals surface area (Å²) in [7, 11) is 0. The van der Waals surface area contributed by atoms with Crippen LogP contribution in [0.15, 0.2) is 52.7 Å². The number of hydrogen-bond donors (Lipinski definition) is 1. The largest absolute Gasteiger partial charge is 0.301 e. The van der Waals surface area contributed by atoms with Crippen molar-refractivity contribution < 1.29 is 4.79 Å². The maximum absolute atomic E-state index is 12.1. The third-order valence-corrected chi connectivity index (χ3v) is 5.66. The van der Waals surface area contributed by atoms with Gasteiger partial charge in [0.05, 0.1) is 16.5 Å². The van der Waals surface area contributed by atoms with Crippen molar-refractivity contribution in [2.24, 2.45) is 0 Å². The second-order valence-corrected chi connectivity index (χ2v) is 8.14. The van der Waals surface area contributed by atoms with Crippen molar-refractivity contribution in [3.05, 3.63) is 62.9 Å². The van der Waals surface area contributed by atoms with Crippen molar-refractivity contribution in [2.75, 3.05) is 11.1 Å². The van der Waals surface area contributed by atoms with E-state index in [1.165, 1.54) is 23.1 Å². The molecule has 0 atom stereocenters. The number of rotatable bonds is 5. The van der Waals surface area contributed by atoms with Crippen LogP contribution < -0.4 is 5.32 Å². The fourth-order valence-corrected chi connectivity index (χ4v) is 4.26. The minimum Gasteiger partial charge on any atom is -0.301 e. The smallest absolute Gasteiger partial charge is 0.236 e. The van der Waals surface area contributed by atoms with Crippen LogP contribution in [0.4, 0.5) is 5.13 Å². The molecular formula is C17H11Cl3N2OS2. The molecule has 1 N–H and O–H groups in total. The first kappa shape index (κ1) is 18.5. The third-order valence-electron chi connectivity index (χ3n) is 3.12. The van der Waals surface area contributed by atoms with Gasteiger partial charge in [0.15, 0.2) is 5.13 Å². The fraction of sp³-hybridized carbons (Fsp3) is 0.0588. The number of halogens is 3. The molecule has 1 aromatic heterocycles. The molecule has 0 saturated heterocycles. The second kappa shape index (κ2) is 8.43. The summed E-state index contributed by atoms with van der Waals surface area (Å²) in [6, 6.07) is 12.6. The molecule has 3 rings (SSSR count). The molecule has 0 saturated carbocycles. The van der Waals surface area contributed by atoms with Gasteiger partial charge in [0.1, 0.15) is 0 Å². The number of aromatic nitrogens is 1. The van der Waals surface area contributed by atoms with E-state index in [0.29, 0.717) is 25.9 Å². The third kappa shape index (κ3) is 5.12. The SMILES string of the molecule is O=C(CSc1cccc(Cl)c1)Nc1nc(-c2ccc(Cl)cc2Cl)cs1. The molecular weight excluding hydrogens is 419 g/mol. The first-order valence-corrected chi connectivity index (χ1v) is 10.1. The lowest BCUT2D eigenvalue weighted by Crippen LogP contribution is -2.13. The molecule has 25 heavy (non-hydrogen) atoms. The summed E-state index contributed by atoms with van der Waals surface area (Å²) in [6.45, 7) is 0. The first-order valence-electron chi connectivity index (χ1n) is 7.10. The lowest BCUT2D eigenvalue weighted by molar-refractivity contribution is -0.113. The van der Waals surface area contributed by atoms with Crippen LogP contribution in [0.25, 0.3) is 11.3 Å². The molecule has 0 radical (unpaired) electrons. The summed E-state index contributed by atoms with van der Waals surface area (Å²) in [5.74, 6) is 0.143. The van der Waals surface area contributed by atoms with Gasteiger partial charge in [0, 0.05) is 25.9 Å². The predicted octanol–water partition coefficient (Wildman–Crippen LogP) is 6.50. The van der Waals surface area contributed by atoms with Crippen molar-refractivity contribution in [3.63, 3.8) is 0 Å².